The van der Waals surface area contributed by atoms with Crippen molar-refractivity contribution < 1.29 is 28.5 Å². The van der Waals surface area contributed by atoms with E-state index in [2.05, 4.69) is 4.98 Å². The van der Waals surface area contributed by atoms with Gasteiger partial charge in [0.05, 0.1) is 25.5 Å². The zero-order valence-corrected chi connectivity index (χ0v) is 18.2. The van der Waals surface area contributed by atoms with Crippen molar-refractivity contribution in [2.75, 3.05) is 19.8 Å². The molecule has 168 valence electrons. The fourth-order valence-corrected chi connectivity index (χ4v) is 3.57. The molecule has 0 bridgehead atoms. The molecule has 0 amide bonds. The quantitative estimate of drug-likeness (QED) is 0.562. The lowest BCUT2D eigenvalue weighted by molar-refractivity contribution is -0.270. The van der Waals surface area contributed by atoms with E-state index in [1.807, 2.05) is 61.5 Å². The molecule has 3 aromatic rings. The first-order valence-electron chi connectivity index (χ1n) is 10.7. The number of hydrogen-bond donors (Lipinski definition) is 1. The molecule has 0 saturated carbocycles. The van der Waals surface area contributed by atoms with Gasteiger partial charge in [-0.1, -0.05) is 30.3 Å². The van der Waals surface area contributed by atoms with Crippen molar-refractivity contribution in [3.8, 4) is 17.2 Å². The number of rotatable bonds is 8. The van der Waals surface area contributed by atoms with E-state index in [4.69, 9.17) is 23.7 Å². The second-order valence-electron chi connectivity index (χ2n) is 8.07. The van der Waals surface area contributed by atoms with Gasteiger partial charge in [-0.25, -0.2) is 9.78 Å². The van der Waals surface area contributed by atoms with Crippen molar-refractivity contribution in [3.05, 3.63) is 71.6 Å². The molecule has 4 rings (SSSR count). The molecular formula is C25H27NO6. The molecule has 0 atom stereocenters. The number of aryl methyl sites for hydroxylation is 1. The Hall–Kier alpha value is -3.16. The van der Waals surface area contributed by atoms with Gasteiger partial charge in [-0.05, 0) is 43.2 Å². The maximum Gasteiger partial charge on any atom is 0.364 e. The van der Waals surface area contributed by atoms with E-state index in [1.54, 1.807) is 0 Å². The van der Waals surface area contributed by atoms with Crippen molar-refractivity contribution in [2.45, 2.75) is 32.5 Å². The van der Waals surface area contributed by atoms with Crippen molar-refractivity contribution >= 4 is 5.97 Å². The van der Waals surface area contributed by atoms with Crippen molar-refractivity contribution in [1.29, 1.82) is 0 Å². The minimum Gasteiger partial charge on any atom is -0.493 e. The molecule has 32 heavy (non-hydrogen) atoms. The Bertz CT molecular complexity index is 1040. The summed E-state index contributed by atoms with van der Waals surface area (Å²) in [5.41, 5.74) is 2.97. The predicted octanol–water partition coefficient (Wildman–Crippen LogP) is 4.28. The van der Waals surface area contributed by atoms with Gasteiger partial charge in [0.25, 0.3) is 5.79 Å². The number of aromatic nitrogens is 1. The average molecular weight is 437 g/mol. The van der Waals surface area contributed by atoms with Crippen LogP contribution < -0.4 is 4.74 Å². The zero-order valence-electron chi connectivity index (χ0n) is 18.2. The summed E-state index contributed by atoms with van der Waals surface area (Å²) in [5.74, 6) is -0.316. The molecule has 7 heteroatoms. The van der Waals surface area contributed by atoms with Crippen LogP contribution in [0, 0.1) is 12.8 Å². The first-order chi connectivity index (χ1) is 15.4. The number of nitrogens with zero attached hydrogens (tertiary/aromatic N) is 1. The van der Waals surface area contributed by atoms with Gasteiger partial charge in [-0.3, -0.25) is 0 Å². The first kappa shape index (κ1) is 22.0. The van der Waals surface area contributed by atoms with Crippen LogP contribution in [-0.2, 0) is 27.1 Å². The van der Waals surface area contributed by atoms with Gasteiger partial charge in [-0.15, -0.1) is 0 Å². The van der Waals surface area contributed by atoms with E-state index in [-0.39, 0.29) is 5.92 Å². The topological polar surface area (TPSA) is 91.0 Å². The molecule has 1 aliphatic rings. The van der Waals surface area contributed by atoms with Crippen LogP contribution in [0.3, 0.4) is 0 Å². The highest BCUT2D eigenvalue weighted by Gasteiger charge is 2.40. The van der Waals surface area contributed by atoms with Crippen LogP contribution in [0.2, 0.25) is 0 Å². The van der Waals surface area contributed by atoms with Crippen molar-refractivity contribution in [2.24, 2.45) is 5.92 Å². The molecule has 7 nitrogen and oxygen atoms in total. The molecule has 1 aliphatic heterocycles. The molecule has 2 aromatic carbocycles. The summed E-state index contributed by atoms with van der Waals surface area (Å²) in [5, 5.41) is 9.14. The fourth-order valence-electron chi connectivity index (χ4n) is 3.57. The Labute approximate surface area is 186 Å². The van der Waals surface area contributed by atoms with Crippen LogP contribution in [0.4, 0.5) is 0 Å². The number of aliphatic carboxylic acids is 1. The van der Waals surface area contributed by atoms with Gasteiger partial charge in [-0.2, -0.15) is 0 Å². The third-order valence-corrected chi connectivity index (χ3v) is 5.55. The van der Waals surface area contributed by atoms with Crippen LogP contribution >= 0.6 is 0 Å². The monoisotopic (exact) mass is 437 g/mol. The minimum absolute atomic E-state index is 0.114. The summed E-state index contributed by atoms with van der Waals surface area (Å²) in [4.78, 5) is 15.8. The lowest BCUT2D eigenvalue weighted by Gasteiger charge is -2.34. The highest BCUT2D eigenvalue weighted by molar-refractivity contribution is 5.75. The van der Waals surface area contributed by atoms with Gasteiger partial charge < -0.3 is 23.7 Å². The van der Waals surface area contributed by atoms with E-state index in [0.717, 1.165) is 34.8 Å². The van der Waals surface area contributed by atoms with E-state index >= 15 is 0 Å². The highest BCUT2D eigenvalue weighted by atomic mass is 16.7. The van der Waals surface area contributed by atoms with Crippen molar-refractivity contribution in [1.82, 2.24) is 4.98 Å². The third kappa shape index (κ3) is 5.18. The SMILES string of the molecule is Cc1oc(-c2ccccc2)nc1CCOc1ccc(C[C@H]2CO[C@@](C)(C(=O)O)OC2)cc1. The van der Waals surface area contributed by atoms with E-state index in [1.165, 1.54) is 6.92 Å². The van der Waals surface area contributed by atoms with Gasteiger partial charge in [0.1, 0.15) is 11.5 Å². The number of oxazole rings is 1. The lowest BCUT2D eigenvalue weighted by Crippen LogP contribution is -2.48. The second kappa shape index (κ2) is 9.54. The molecule has 1 saturated heterocycles. The third-order valence-electron chi connectivity index (χ3n) is 5.55. The number of carbonyl (C=O) groups is 1. The first-order valence-corrected chi connectivity index (χ1v) is 10.7. The Morgan fingerprint density at radius 1 is 1.12 bits per heavy atom. The molecular weight excluding hydrogens is 410 g/mol. The molecule has 1 aromatic heterocycles. The Morgan fingerprint density at radius 2 is 1.81 bits per heavy atom. The number of carboxylic acid groups (broad SMARTS) is 1. The maximum absolute atomic E-state index is 11.2. The number of ether oxygens (including phenoxy) is 3. The van der Waals surface area contributed by atoms with E-state index < -0.39 is 11.8 Å². The van der Waals surface area contributed by atoms with E-state index in [0.29, 0.717) is 32.1 Å². The molecule has 1 fully saturated rings. The summed E-state index contributed by atoms with van der Waals surface area (Å²) in [6.07, 6.45) is 1.40. The fraction of sp³-hybridized carbons (Fsp3) is 0.360. The second-order valence-corrected chi connectivity index (χ2v) is 8.07. The Morgan fingerprint density at radius 3 is 2.47 bits per heavy atom. The molecule has 1 N–H and O–H groups in total. The van der Waals surface area contributed by atoms with Gasteiger partial charge >= 0.3 is 5.97 Å². The van der Waals surface area contributed by atoms with Gasteiger partial charge in [0.2, 0.25) is 5.89 Å². The average Bonchev–Trinajstić information content (AvgIpc) is 3.17. The summed E-state index contributed by atoms with van der Waals surface area (Å²) in [7, 11) is 0. The molecule has 0 spiro atoms. The number of carboxylic acids is 1. The number of hydrogen-bond acceptors (Lipinski definition) is 6. The normalized spacial score (nSPS) is 20.8. The maximum atomic E-state index is 11.2. The van der Waals surface area contributed by atoms with E-state index in [9.17, 15) is 4.79 Å². The minimum atomic E-state index is -1.54. The number of benzene rings is 2. The summed E-state index contributed by atoms with van der Waals surface area (Å²) < 4.78 is 22.5. The summed E-state index contributed by atoms with van der Waals surface area (Å²) in [6.45, 7) is 4.55. The summed E-state index contributed by atoms with van der Waals surface area (Å²) in [6, 6.07) is 17.7. The van der Waals surface area contributed by atoms with Crippen LogP contribution in [-0.4, -0.2) is 41.7 Å². The van der Waals surface area contributed by atoms with Crippen LogP contribution in [0.25, 0.3) is 11.5 Å². The van der Waals surface area contributed by atoms with Gasteiger partial charge in [0.15, 0.2) is 0 Å². The Balaban J connectivity index is 1.25. The largest absolute Gasteiger partial charge is 0.493 e. The molecule has 0 radical (unpaired) electrons. The van der Waals surface area contributed by atoms with Crippen LogP contribution in [0.15, 0.2) is 59.0 Å². The Kier molecular flexibility index (Phi) is 6.58. The lowest BCUT2D eigenvalue weighted by atomic mass is 9.99. The molecule has 0 aliphatic carbocycles. The highest BCUT2D eigenvalue weighted by Crippen LogP contribution is 2.25. The smallest absolute Gasteiger partial charge is 0.364 e. The predicted molar refractivity (Wildman–Crippen MR) is 117 cm³/mol. The summed E-state index contributed by atoms with van der Waals surface area (Å²) >= 11 is 0. The molecule has 2 heterocycles. The van der Waals surface area contributed by atoms with Crippen molar-refractivity contribution in [3.63, 3.8) is 0 Å². The van der Waals surface area contributed by atoms with Crippen LogP contribution in [0.1, 0.15) is 23.9 Å². The van der Waals surface area contributed by atoms with Crippen LogP contribution in [0.5, 0.6) is 5.75 Å². The van der Waals surface area contributed by atoms with Gasteiger partial charge in [0, 0.05) is 24.8 Å². The zero-order chi connectivity index (χ0) is 22.6. The molecule has 0 unspecified atom stereocenters. The standard InChI is InChI=1S/C25H27NO6/c1-17-22(26-23(32-17)20-6-4-3-5-7-20)12-13-29-21-10-8-18(9-11-21)14-19-15-30-25(2,24(27)28)31-16-19/h3-11,19H,12-16H2,1-2H3,(H,27,28)/t19-,25+.